The SMILES string of the molecule is O=C(O)c1nn(-c2ccc(C3(CN4CCOCC4)CC3)cc2)c2c1CSc1ccccc1-2. The summed E-state index contributed by atoms with van der Waals surface area (Å²) in [6.07, 6.45) is 2.43. The van der Waals surface area contributed by atoms with Crippen molar-refractivity contribution in [3.05, 3.63) is 65.4 Å². The summed E-state index contributed by atoms with van der Waals surface area (Å²) >= 11 is 1.67. The second-order valence-corrected chi connectivity index (χ2v) is 9.91. The molecule has 6 rings (SSSR count). The van der Waals surface area contributed by atoms with Gasteiger partial charge in [0.1, 0.15) is 0 Å². The minimum Gasteiger partial charge on any atom is -0.476 e. The maximum Gasteiger partial charge on any atom is 0.356 e. The minimum absolute atomic E-state index is 0.150. The van der Waals surface area contributed by atoms with Crippen LogP contribution in [0.3, 0.4) is 0 Å². The van der Waals surface area contributed by atoms with E-state index in [1.165, 1.54) is 18.4 Å². The summed E-state index contributed by atoms with van der Waals surface area (Å²) in [5, 5.41) is 14.3. The minimum atomic E-state index is -0.973. The molecule has 2 aliphatic heterocycles. The molecule has 0 spiro atoms. The Balaban J connectivity index is 1.36. The van der Waals surface area contributed by atoms with Gasteiger partial charge in [-0.1, -0.05) is 30.3 Å². The van der Waals surface area contributed by atoms with E-state index in [2.05, 4.69) is 46.4 Å². The van der Waals surface area contributed by atoms with Crippen molar-refractivity contribution < 1.29 is 14.6 Å². The van der Waals surface area contributed by atoms with E-state index >= 15 is 0 Å². The normalized spacial score (nSPS) is 19.2. The van der Waals surface area contributed by atoms with Crippen molar-refractivity contribution in [1.82, 2.24) is 14.7 Å². The number of morpholine rings is 1. The Kier molecular flexibility index (Phi) is 4.86. The standard InChI is InChI=1S/C25H25N3O3S/c29-24(30)22-20-15-32-21-4-2-1-3-19(21)23(20)28(26-22)18-7-5-17(6-8-18)25(9-10-25)16-27-11-13-31-14-12-27/h1-8H,9-16H2,(H,29,30). The third-order valence-electron chi connectivity index (χ3n) is 6.91. The molecule has 1 aromatic heterocycles. The predicted molar refractivity (Wildman–Crippen MR) is 124 cm³/mol. The van der Waals surface area contributed by atoms with Gasteiger partial charge in [-0.05, 0) is 36.6 Å². The Morgan fingerprint density at radius 2 is 1.84 bits per heavy atom. The molecule has 1 saturated carbocycles. The van der Waals surface area contributed by atoms with E-state index in [9.17, 15) is 9.90 Å². The highest BCUT2D eigenvalue weighted by Crippen LogP contribution is 2.49. The van der Waals surface area contributed by atoms with Gasteiger partial charge in [-0.15, -0.1) is 11.8 Å². The van der Waals surface area contributed by atoms with Crippen LogP contribution in [0.25, 0.3) is 16.9 Å². The van der Waals surface area contributed by atoms with Gasteiger partial charge in [0.25, 0.3) is 0 Å². The van der Waals surface area contributed by atoms with Crippen molar-refractivity contribution in [1.29, 1.82) is 0 Å². The molecule has 0 radical (unpaired) electrons. The Labute approximate surface area is 191 Å². The van der Waals surface area contributed by atoms with E-state index in [0.717, 1.165) is 60.3 Å². The zero-order valence-corrected chi connectivity index (χ0v) is 18.6. The van der Waals surface area contributed by atoms with E-state index in [0.29, 0.717) is 5.75 Å². The fourth-order valence-corrected chi connectivity index (χ4v) is 6.06. The lowest BCUT2D eigenvalue weighted by molar-refractivity contribution is 0.0336. The first-order chi connectivity index (χ1) is 15.6. The van der Waals surface area contributed by atoms with Crippen LogP contribution in [0.2, 0.25) is 0 Å². The van der Waals surface area contributed by atoms with E-state index in [1.807, 2.05) is 16.8 Å². The van der Waals surface area contributed by atoms with Crippen LogP contribution in [0.15, 0.2) is 53.4 Å². The summed E-state index contributed by atoms with van der Waals surface area (Å²) in [5.74, 6) is -0.353. The lowest BCUT2D eigenvalue weighted by Crippen LogP contribution is -2.41. The zero-order chi connectivity index (χ0) is 21.7. The van der Waals surface area contributed by atoms with Crippen molar-refractivity contribution in [2.75, 3.05) is 32.8 Å². The quantitative estimate of drug-likeness (QED) is 0.632. The maximum absolute atomic E-state index is 11.9. The monoisotopic (exact) mass is 447 g/mol. The van der Waals surface area contributed by atoms with Crippen LogP contribution in [-0.4, -0.2) is 58.6 Å². The summed E-state index contributed by atoms with van der Waals surface area (Å²) in [5.41, 5.74) is 5.42. The molecule has 0 bridgehead atoms. The molecule has 7 heteroatoms. The fourth-order valence-electron chi connectivity index (χ4n) is 4.99. The Morgan fingerprint density at radius 1 is 1.09 bits per heavy atom. The number of aromatic nitrogens is 2. The molecule has 1 saturated heterocycles. The number of rotatable bonds is 5. The first-order valence-electron chi connectivity index (χ1n) is 11.1. The Hall–Kier alpha value is -2.61. The number of carboxylic acid groups (broad SMARTS) is 1. The summed E-state index contributed by atoms with van der Waals surface area (Å²) in [6, 6.07) is 16.8. The number of hydrogen-bond acceptors (Lipinski definition) is 5. The molecule has 0 unspecified atom stereocenters. The van der Waals surface area contributed by atoms with Crippen molar-refractivity contribution in [2.45, 2.75) is 28.9 Å². The van der Waals surface area contributed by atoms with Gasteiger partial charge < -0.3 is 9.84 Å². The number of carboxylic acids is 1. The molecule has 1 aliphatic carbocycles. The molecule has 0 atom stereocenters. The molecular formula is C25H25N3O3S. The van der Waals surface area contributed by atoms with E-state index in [1.54, 1.807) is 11.8 Å². The van der Waals surface area contributed by atoms with Crippen molar-refractivity contribution >= 4 is 17.7 Å². The second-order valence-electron chi connectivity index (χ2n) is 8.89. The highest BCUT2D eigenvalue weighted by atomic mass is 32.2. The molecule has 3 aliphatic rings. The zero-order valence-electron chi connectivity index (χ0n) is 17.8. The number of nitrogens with zero attached hydrogens (tertiary/aromatic N) is 3. The maximum atomic E-state index is 11.9. The highest BCUT2D eigenvalue weighted by Gasteiger charge is 2.45. The van der Waals surface area contributed by atoms with Crippen molar-refractivity contribution in [2.24, 2.45) is 0 Å². The number of thioether (sulfide) groups is 1. The van der Waals surface area contributed by atoms with Crippen LogP contribution in [-0.2, 0) is 15.9 Å². The van der Waals surface area contributed by atoms with Crippen LogP contribution in [0, 0.1) is 0 Å². The smallest absolute Gasteiger partial charge is 0.356 e. The lowest BCUT2D eigenvalue weighted by Gasteiger charge is -2.30. The van der Waals surface area contributed by atoms with Gasteiger partial charge in [-0.2, -0.15) is 5.10 Å². The molecule has 6 nitrogen and oxygen atoms in total. The molecule has 164 valence electrons. The number of benzene rings is 2. The highest BCUT2D eigenvalue weighted by molar-refractivity contribution is 7.98. The molecule has 32 heavy (non-hydrogen) atoms. The van der Waals surface area contributed by atoms with Gasteiger partial charge in [-0.3, -0.25) is 4.90 Å². The number of fused-ring (bicyclic) bond motifs is 3. The molecule has 2 fully saturated rings. The topological polar surface area (TPSA) is 67.6 Å². The van der Waals surface area contributed by atoms with Gasteiger partial charge in [-0.25, -0.2) is 9.48 Å². The summed E-state index contributed by atoms with van der Waals surface area (Å²) < 4.78 is 7.32. The molecule has 3 aromatic rings. The number of hydrogen-bond donors (Lipinski definition) is 1. The molecule has 1 N–H and O–H groups in total. The van der Waals surface area contributed by atoms with E-state index in [-0.39, 0.29) is 11.1 Å². The van der Waals surface area contributed by atoms with Crippen LogP contribution in [0.1, 0.15) is 34.5 Å². The Bertz CT molecular complexity index is 1180. The molecular weight excluding hydrogens is 422 g/mol. The molecule has 3 heterocycles. The van der Waals surface area contributed by atoms with Crippen molar-refractivity contribution in [3.8, 4) is 16.9 Å². The fraction of sp³-hybridized carbons (Fsp3) is 0.360. The number of ether oxygens (including phenoxy) is 1. The number of carbonyl (C=O) groups is 1. The van der Waals surface area contributed by atoms with E-state index < -0.39 is 5.97 Å². The van der Waals surface area contributed by atoms with Gasteiger partial charge in [0.05, 0.1) is 24.6 Å². The van der Waals surface area contributed by atoms with Crippen LogP contribution < -0.4 is 0 Å². The Morgan fingerprint density at radius 3 is 2.56 bits per heavy atom. The number of aromatic carboxylic acids is 1. The average molecular weight is 448 g/mol. The van der Waals surface area contributed by atoms with Crippen LogP contribution >= 0.6 is 11.8 Å². The molecule has 2 aromatic carbocycles. The van der Waals surface area contributed by atoms with Gasteiger partial charge >= 0.3 is 5.97 Å². The first-order valence-corrected chi connectivity index (χ1v) is 12.1. The summed E-state index contributed by atoms with van der Waals surface area (Å²) in [4.78, 5) is 15.6. The van der Waals surface area contributed by atoms with Gasteiger partial charge in [0.15, 0.2) is 5.69 Å². The van der Waals surface area contributed by atoms with Gasteiger partial charge in [0, 0.05) is 46.8 Å². The largest absolute Gasteiger partial charge is 0.476 e. The van der Waals surface area contributed by atoms with Crippen LogP contribution in [0.4, 0.5) is 0 Å². The van der Waals surface area contributed by atoms with Crippen LogP contribution in [0.5, 0.6) is 0 Å². The summed E-state index contributed by atoms with van der Waals surface area (Å²) in [7, 11) is 0. The van der Waals surface area contributed by atoms with E-state index in [4.69, 9.17) is 4.74 Å². The van der Waals surface area contributed by atoms with Crippen molar-refractivity contribution in [3.63, 3.8) is 0 Å². The van der Waals surface area contributed by atoms with Gasteiger partial charge in [0.2, 0.25) is 0 Å². The lowest BCUT2D eigenvalue weighted by atomic mass is 9.94. The predicted octanol–water partition coefficient (Wildman–Crippen LogP) is 4.21. The first kappa shape index (κ1) is 20.0. The third-order valence-corrected chi connectivity index (χ3v) is 8.01. The second kappa shape index (κ2) is 7.76. The molecule has 0 amide bonds. The average Bonchev–Trinajstić information content (AvgIpc) is 3.49. The summed E-state index contributed by atoms with van der Waals surface area (Å²) in [6.45, 7) is 4.75. The third kappa shape index (κ3) is 3.36.